The first-order valence-corrected chi connectivity index (χ1v) is 6.26. The van der Waals surface area contributed by atoms with E-state index in [1.54, 1.807) is 0 Å². The lowest BCUT2D eigenvalue weighted by atomic mass is 10.3. The Bertz CT molecular complexity index is 133. The first-order chi connectivity index (χ1) is 7.43. The van der Waals surface area contributed by atoms with Gasteiger partial charge in [0.15, 0.2) is 0 Å². The molecule has 1 rings (SSSR count). The molecule has 3 heteroatoms. The fraction of sp³-hybridized carbons (Fsp3) is 1.00. The number of aliphatic hydroxyl groups excluding tert-OH is 1. The predicted octanol–water partition coefficient (Wildman–Crippen LogP) is 1.90. The van der Waals surface area contributed by atoms with Gasteiger partial charge in [-0.2, -0.15) is 0 Å². The molecular weight excluding hydrogens is 192 g/mol. The summed E-state index contributed by atoms with van der Waals surface area (Å²) in [5.41, 5.74) is 0. The van der Waals surface area contributed by atoms with E-state index in [0.29, 0.717) is 0 Å². The van der Waals surface area contributed by atoms with Crippen LogP contribution in [0.2, 0.25) is 0 Å². The molecule has 15 heavy (non-hydrogen) atoms. The highest BCUT2D eigenvalue weighted by molar-refractivity contribution is 4.54. The van der Waals surface area contributed by atoms with E-state index in [1.165, 1.54) is 39.1 Å². The standard InChI is InChI=1S/C12H25O3/c13-7-1-2-8-14-9-3-4-10-15-11-5-6-12-15/h13H,1-12H2/q+1. The molecule has 0 aromatic rings. The van der Waals surface area contributed by atoms with E-state index in [-0.39, 0.29) is 6.61 Å². The van der Waals surface area contributed by atoms with Crippen molar-refractivity contribution in [3.8, 4) is 0 Å². The van der Waals surface area contributed by atoms with Crippen LogP contribution >= 0.6 is 0 Å². The summed E-state index contributed by atoms with van der Waals surface area (Å²) < 4.78 is 8.77. The van der Waals surface area contributed by atoms with Crippen molar-refractivity contribution in [2.75, 3.05) is 39.6 Å². The van der Waals surface area contributed by atoms with Gasteiger partial charge < -0.3 is 14.2 Å². The monoisotopic (exact) mass is 217 g/mol. The minimum atomic E-state index is 0.287. The average Bonchev–Trinajstić information content (AvgIpc) is 2.75. The molecule has 90 valence electrons. The maximum Gasteiger partial charge on any atom is 0.146 e. The third-order valence-electron chi connectivity index (χ3n) is 2.78. The van der Waals surface area contributed by atoms with Crippen LogP contribution < -0.4 is 0 Å². The van der Waals surface area contributed by atoms with Crippen LogP contribution in [-0.4, -0.2) is 44.7 Å². The van der Waals surface area contributed by atoms with E-state index in [4.69, 9.17) is 9.84 Å². The first-order valence-electron chi connectivity index (χ1n) is 6.26. The van der Waals surface area contributed by atoms with E-state index in [9.17, 15) is 0 Å². The molecule has 0 bridgehead atoms. The van der Waals surface area contributed by atoms with Crippen LogP contribution in [0.25, 0.3) is 0 Å². The van der Waals surface area contributed by atoms with Gasteiger partial charge in [-0.15, -0.1) is 0 Å². The summed E-state index contributed by atoms with van der Waals surface area (Å²) in [4.78, 5) is 0. The van der Waals surface area contributed by atoms with Gasteiger partial charge in [-0.25, -0.2) is 0 Å². The summed E-state index contributed by atoms with van der Waals surface area (Å²) in [6, 6.07) is 0. The Labute approximate surface area is 93.1 Å². The molecule has 0 atom stereocenters. The van der Waals surface area contributed by atoms with Crippen LogP contribution in [0.1, 0.15) is 38.5 Å². The third kappa shape index (κ3) is 6.88. The van der Waals surface area contributed by atoms with E-state index >= 15 is 0 Å². The van der Waals surface area contributed by atoms with Crippen LogP contribution in [0.4, 0.5) is 0 Å². The van der Waals surface area contributed by atoms with Crippen molar-refractivity contribution in [2.24, 2.45) is 0 Å². The molecule has 1 fully saturated rings. The van der Waals surface area contributed by atoms with Gasteiger partial charge in [0.1, 0.15) is 19.8 Å². The zero-order valence-corrected chi connectivity index (χ0v) is 9.75. The highest BCUT2D eigenvalue weighted by atomic mass is 16.7. The Morgan fingerprint density at radius 2 is 1.60 bits per heavy atom. The van der Waals surface area contributed by atoms with Gasteiger partial charge in [-0.05, 0) is 19.3 Å². The molecule has 0 aromatic heterocycles. The Balaban J connectivity index is 1.73. The number of hydrogen-bond donors (Lipinski definition) is 1. The molecule has 1 N–H and O–H groups in total. The van der Waals surface area contributed by atoms with E-state index in [1.807, 2.05) is 0 Å². The van der Waals surface area contributed by atoms with E-state index in [0.717, 1.165) is 32.5 Å². The van der Waals surface area contributed by atoms with Crippen molar-refractivity contribution in [3.63, 3.8) is 0 Å². The largest absolute Gasteiger partial charge is 0.422 e. The van der Waals surface area contributed by atoms with Gasteiger partial charge in [-0.3, -0.25) is 0 Å². The smallest absolute Gasteiger partial charge is 0.146 e. The number of aliphatic hydroxyl groups is 1. The molecular formula is C12H25O3+. The average molecular weight is 217 g/mol. The lowest BCUT2D eigenvalue weighted by Gasteiger charge is -2.11. The molecule has 0 aliphatic carbocycles. The summed E-state index contributed by atoms with van der Waals surface area (Å²) in [6.45, 7) is 5.57. The SMILES string of the molecule is OCCCCOCCCC[O+]1CCCC1. The molecule has 0 saturated carbocycles. The minimum absolute atomic E-state index is 0.287. The van der Waals surface area contributed by atoms with Gasteiger partial charge in [0.2, 0.25) is 0 Å². The zero-order valence-electron chi connectivity index (χ0n) is 9.75. The van der Waals surface area contributed by atoms with Crippen molar-refractivity contribution in [2.45, 2.75) is 38.5 Å². The molecule has 1 heterocycles. The summed E-state index contributed by atoms with van der Waals surface area (Å²) in [5.74, 6) is 0. The summed E-state index contributed by atoms with van der Waals surface area (Å²) in [7, 11) is 0. The van der Waals surface area contributed by atoms with Crippen LogP contribution in [0.15, 0.2) is 0 Å². The van der Waals surface area contributed by atoms with Crippen LogP contribution in [0.3, 0.4) is 0 Å². The predicted molar refractivity (Wildman–Crippen MR) is 61.3 cm³/mol. The highest BCUT2D eigenvalue weighted by Crippen LogP contribution is 2.13. The molecule has 1 aliphatic rings. The van der Waals surface area contributed by atoms with Crippen LogP contribution in [-0.2, 0) is 9.10 Å². The Hall–Kier alpha value is -0.120. The van der Waals surface area contributed by atoms with E-state index in [2.05, 4.69) is 4.37 Å². The van der Waals surface area contributed by atoms with Gasteiger partial charge in [0, 0.05) is 39.1 Å². The van der Waals surface area contributed by atoms with Gasteiger partial charge in [0.05, 0.1) is 0 Å². The maximum absolute atomic E-state index is 8.56. The number of rotatable bonds is 9. The molecule has 0 radical (unpaired) electrons. The lowest BCUT2D eigenvalue weighted by Crippen LogP contribution is -2.11. The van der Waals surface area contributed by atoms with Crippen LogP contribution in [0.5, 0.6) is 0 Å². The molecule has 0 spiro atoms. The van der Waals surface area contributed by atoms with Gasteiger partial charge in [-0.1, -0.05) is 0 Å². The maximum atomic E-state index is 8.56. The molecule has 0 amide bonds. The lowest BCUT2D eigenvalue weighted by molar-refractivity contribution is -0.107. The fourth-order valence-electron chi connectivity index (χ4n) is 1.85. The Kier molecular flexibility index (Phi) is 7.88. The molecule has 0 aromatic carbocycles. The second-order valence-corrected chi connectivity index (χ2v) is 4.18. The van der Waals surface area contributed by atoms with Gasteiger partial charge >= 0.3 is 0 Å². The van der Waals surface area contributed by atoms with Crippen molar-refractivity contribution in [1.82, 2.24) is 0 Å². The second-order valence-electron chi connectivity index (χ2n) is 4.18. The van der Waals surface area contributed by atoms with Crippen molar-refractivity contribution >= 4 is 0 Å². The summed E-state index contributed by atoms with van der Waals surface area (Å²) in [5, 5.41) is 8.56. The number of hydrogen-bond acceptors (Lipinski definition) is 2. The normalized spacial score (nSPS) is 17.4. The Morgan fingerprint density at radius 3 is 2.27 bits per heavy atom. The van der Waals surface area contributed by atoms with Crippen LogP contribution in [0, 0.1) is 0 Å². The van der Waals surface area contributed by atoms with Gasteiger partial charge in [0.25, 0.3) is 0 Å². The summed E-state index contributed by atoms with van der Waals surface area (Å²) >= 11 is 0. The molecule has 0 unspecified atom stereocenters. The molecule has 1 saturated heterocycles. The minimum Gasteiger partial charge on any atom is -0.422 e. The fourth-order valence-corrected chi connectivity index (χ4v) is 1.85. The van der Waals surface area contributed by atoms with E-state index < -0.39 is 0 Å². The topological polar surface area (TPSA) is 32.2 Å². The highest BCUT2D eigenvalue weighted by Gasteiger charge is 2.15. The molecule has 3 nitrogen and oxygen atoms in total. The van der Waals surface area contributed by atoms with Crippen molar-refractivity contribution in [1.29, 1.82) is 0 Å². The van der Waals surface area contributed by atoms with Crippen molar-refractivity contribution in [3.05, 3.63) is 0 Å². The molecule has 1 aliphatic heterocycles. The first kappa shape index (κ1) is 12.9. The number of ether oxygens (including phenoxy) is 1. The van der Waals surface area contributed by atoms with Crippen molar-refractivity contribution < 1.29 is 14.2 Å². The quantitative estimate of drug-likeness (QED) is 0.472. The number of unbranched alkanes of at least 4 members (excludes halogenated alkanes) is 2. The Morgan fingerprint density at radius 1 is 0.933 bits per heavy atom. The second kappa shape index (κ2) is 9.13. The third-order valence-corrected chi connectivity index (χ3v) is 2.78. The zero-order chi connectivity index (χ0) is 10.8. The summed E-state index contributed by atoms with van der Waals surface area (Å²) in [6.07, 6.45) is 6.93.